The highest BCUT2D eigenvalue weighted by molar-refractivity contribution is 9.10. The number of carbonyl (C=O) groups excluding carboxylic acids is 1. The first kappa shape index (κ1) is 17.1. The van der Waals surface area contributed by atoms with E-state index in [9.17, 15) is 4.79 Å². The van der Waals surface area contributed by atoms with Crippen LogP contribution in [-0.2, 0) is 4.74 Å². The van der Waals surface area contributed by atoms with Gasteiger partial charge in [0.2, 0.25) is 0 Å². The number of anilines is 1. The van der Waals surface area contributed by atoms with Crippen LogP contribution in [0.1, 0.15) is 27.2 Å². The van der Waals surface area contributed by atoms with E-state index < -0.39 is 5.60 Å². The lowest BCUT2D eigenvalue weighted by atomic mass is 10.1. The standard InChI is InChI=1S/C17H22BrN3O3/c1-17(2,3)24-16(22)21-7-6-11(10-21)9-19-15-20-13-8-12(18)4-5-14(13)23-15/h4-5,8,11H,6-7,9-10H2,1-3H3,(H,19,20)/t11-/m0/s1. The number of hydrogen-bond donors (Lipinski definition) is 1. The summed E-state index contributed by atoms with van der Waals surface area (Å²) in [7, 11) is 0. The number of likely N-dealkylation sites (tertiary alicyclic amines) is 1. The molecule has 1 saturated heterocycles. The van der Waals surface area contributed by atoms with Crippen LogP contribution in [-0.4, -0.2) is 41.2 Å². The Bertz CT molecular complexity index is 738. The molecule has 1 amide bonds. The van der Waals surface area contributed by atoms with E-state index in [1.165, 1.54) is 0 Å². The number of carbonyl (C=O) groups is 1. The van der Waals surface area contributed by atoms with Crippen LogP contribution in [0.3, 0.4) is 0 Å². The van der Waals surface area contributed by atoms with Gasteiger partial charge in [0.1, 0.15) is 11.1 Å². The van der Waals surface area contributed by atoms with Gasteiger partial charge in [0.15, 0.2) is 5.58 Å². The van der Waals surface area contributed by atoms with Crippen LogP contribution in [0, 0.1) is 5.92 Å². The Morgan fingerprint density at radius 3 is 3.04 bits per heavy atom. The molecule has 1 fully saturated rings. The van der Waals surface area contributed by atoms with Gasteiger partial charge in [-0.05, 0) is 51.3 Å². The normalized spacial score (nSPS) is 18.2. The number of aromatic nitrogens is 1. The number of amides is 1. The zero-order valence-corrected chi connectivity index (χ0v) is 15.7. The number of hydrogen-bond acceptors (Lipinski definition) is 5. The first-order valence-electron chi connectivity index (χ1n) is 8.08. The fourth-order valence-corrected chi connectivity index (χ4v) is 3.05. The number of oxazole rings is 1. The van der Waals surface area contributed by atoms with Crippen LogP contribution in [0.4, 0.5) is 10.8 Å². The molecule has 1 aromatic carbocycles. The summed E-state index contributed by atoms with van der Waals surface area (Å²) in [5, 5.41) is 3.23. The molecule has 7 heteroatoms. The highest BCUT2D eigenvalue weighted by atomic mass is 79.9. The summed E-state index contributed by atoms with van der Waals surface area (Å²) in [6.07, 6.45) is 0.703. The summed E-state index contributed by atoms with van der Waals surface area (Å²) >= 11 is 3.42. The lowest BCUT2D eigenvalue weighted by Crippen LogP contribution is -2.35. The molecule has 2 heterocycles. The van der Waals surface area contributed by atoms with Crippen molar-refractivity contribution < 1.29 is 13.9 Å². The minimum atomic E-state index is -0.458. The number of benzene rings is 1. The Balaban J connectivity index is 1.53. The molecule has 1 aromatic heterocycles. The average molecular weight is 396 g/mol. The topological polar surface area (TPSA) is 67.6 Å². The maximum absolute atomic E-state index is 12.1. The van der Waals surface area contributed by atoms with Gasteiger partial charge in [-0.25, -0.2) is 4.79 Å². The third-order valence-electron chi connectivity index (χ3n) is 3.83. The van der Waals surface area contributed by atoms with Crippen molar-refractivity contribution in [3.63, 3.8) is 0 Å². The summed E-state index contributed by atoms with van der Waals surface area (Å²) in [6.45, 7) is 7.77. The number of nitrogens with one attached hydrogen (secondary N) is 1. The number of halogens is 1. The molecular weight excluding hydrogens is 374 g/mol. The third-order valence-corrected chi connectivity index (χ3v) is 4.32. The van der Waals surface area contributed by atoms with Crippen LogP contribution in [0.5, 0.6) is 0 Å². The minimum Gasteiger partial charge on any atom is -0.444 e. The van der Waals surface area contributed by atoms with Crippen molar-refractivity contribution in [3.05, 3.63) is 22.7 Å². The van der Waals surface area contributed by atoms with E-state index in [0.717, 1.165) is 28.5 Å². The fraction of sp³-hybridized carbons (Fsp3) is 0.529. The van der Waals surface area contributed by atoms with Gasteiger partial charge >= 0.3 is 6.09 Å². The SMILES string of the molecule is CC(C)(C)OC(=O)N1CC[C@@H](CNc2nc3cc(Br)ccc3o2)C1. The van der Waals surface area contributed by atoms with Crippen LogP contribution >= 0.6 is 15.9 Å². The number of ether oxygens (including phenoxy) is 1. The maximum Gasteiger partial charge on any atom is 0.410 e. The lowest BCUT2D eigenvalue weighted by molar-refractivity contribution is 0.0289. The highest BCUT2D eigenvalue weighted by Gasteiger charge is 2.29. The van der Waals surface area contributed by atoms with E-state index in [0.29, 0.717) is 25.0 Å². The molecule has 0 radical (unpaired) electrons. The molecule has 0 spiro atoms. The van der Waals surface area contributed by atoms with Gasteiger partial charge in [0.25, 0.3) is 6.01 Å². The van der Waals surface area contributed by atoms with Gasteiger partial charge in [0.05, 0.1) is 0 Å². The quantitative estimate of drug-likeness (QED) is 0.840. The summed E-state index contributed by atoms with van der Waals surface area (Å²) in [6, 6.07) is 6.24. The van der Waals surface area contributed by atoms with E-state index in [1.54, 1.807) is 4.90 Å². The predicted molar refractivity (Wildman–Crippen MR) is 96.1 cm³/mol. The first-order chi connectivity index (χ1) is 11.3. The molecule has 6 nitrogen and oxygen atoms in total. The summed E-state index contributed by atoms with van der Waals surface area (Å²) in [4.78, 5) is 18.3. The van der Waals surface area contributed by atoms with Gasteiger partial charge in [-0.3, -0.25) is 0 Å². The second kappa shape index (κ2) is 6.63. The number of fused-ring (bicyclic) bond motifs is 1. The van der Waals surface area contributed by atoms with E-state index in [1.807, 2.05) is 39.0 Å². The van der Waals surface area contributed by atoms with Gasteiger partial charge in [0, 0.05) is 24.1 Å². The molecule has 0 unspecified atom stereocenters. The molecule has 3 rings (SSSR count). The molecule has 24 heavy (non-hydrogen) atoms. The molecule has 1 aliphatic rings. The zero-order chi connectivity index (χ0) is 17.3. The van der Waals surface area contributed by atoms with Crippen molar-refractivity contribution in [2.24, 2.45) is 5.92 Å². The molecule has 0 bridgehead atoms. The zero-order valence-electron chi connectivity index (χ0n) is 14.1. The van der Waals surface area contributed by atoms with Gasteiger partial charge in [-0.15, -0.1) is 0 Å². The maximum atomic E-state index is 12.1. The molecule has 1 atom stereocenters. The smallest absolute Gasteiger partial charge is 0.410 e. The third kappa shape index (κ3) is 4.20. The van der Waals surface area contributed by atoms with Gasteiger partial charge < -0.3 is 19.4 Å². The van der Waals surface area contributed by atoms with E-state index in [-0.39, 0.29) is 6.09 Å². The van der Waals surface area contributed by atoms with Crippen LogP contribution < -0.4 is 5.32 Å². The van der Waals surface area contributed by atoms with Crippen molar-refractivity contribution >= 4 is 39.1 Å². The van der Waals surface area contributed by atoms with Crippen molar-refractivity contribution in [3.8, 4) is 0 Å². The Hall–Kier alpha value is -1.76. The van der Waals surface area contributed by atoms with Crippen LogP contribution in [0.25, 0.3) is 11.1 Å². The largest absolute Gasteiger partial charge is 0.444 e. The molecular formula is C17H22BrN3O3. The van der Waals surface area contributed by atoms with Gasteiger partial charge in [-0.1, -0.05) is 15.9 Å². The predicted octanol–water partition coefficient (Wildman–Crippen LogP) is 4.26. The Labute approximate surface area is 149 Å². The Morgan fingerprint density at radius 2 is 2.29 bits per heavy atom. The summed E-state index contributed by atoms with van der Waals surface area (Å²) in [5.41, 5.74) is 1.11. The summed E-state index contributed by atoms with van der Waals surface area (Å²) in [5.74, 6) is 0.360. The Morgan fingerprint density at radius 1 is 1.50 bits per heavy atom. The lowest BCUT2D eigenvalue weighted by Gasteiger charge is -2.24. The molecule has 1 N–H and O–H groups in total. The van der Waals surface area contributed by atoms with E-state index in [4.69, 9.17) is 9.15 Å². The fourth-order valence-electron chi connectivity index (χ4n) is 2.70. The van der Waals surface area contributed by atoms with Gasteiger partial charge in [-0.2, -0.15) is 4.98 Å². The molecule has 0 aliphatic carbocycles. The molecule has 130 valence electrons. The highest BCUT2D eigenvalue weighted by Crippen LogP contribution is 2.24. The first-order valence-corrected chi connectivity index (χ1v) is 8.87. The van der Waals surface area contributed by atoms with Crippen molar-refractivity contribution in [2.75, 3.05) is 25.0 Å². The Kier molecular flexibility index (Phi) is 4.71. The van der Waals surface area contributed by atoms with E-state index in [2.05, 4.69) is 26.2 Å². The second-order valence-electron chi connectivity index (χ2n) is 7.09. The molecule has 0 saturated carbocycles. The van der Waals surface area contributed by atoms with Crippen molar-refractivity contribution in [1.82, 2.24) is 9.88 Å². The summed E-state index contributed by atoms with van der Waals surface area (Å²) < 4.78 is 12.1. The minimum absolute atomic E-state index is 0.239. The second-order valence-corrected chi connectivity index (χ2v) is 8.01. The van der Waals surface area contributed by atoms with Crippen LogP contribution in [0.2, 0.25) is 0 Å². The average Bonchev–Trinajstić information content (AvgIpc) is 3.09. The van der Waals surface area contributed by atoms with Crippen LogP contribution in [0.15, 0.2) is 27.1 Å². The molecule has 1 aliphatic heterocycles. The van der Waals surface area contributed by atoms with Crippen molar-refractivity contribution in [1.29, 1.82) is 0 Å². The van der Waals surface area contributed by atoms with E-state index >= 15 is 0 Å². The number of nitrogens with zero attached hydrogens (tertiary/aromatic N) is 2. The monoisotopic (exact) mass is 395 g/mol. The number of rotatable bonds is 3. The van der Waals surface area contributed by atoms with Crippen molar-refractivity contribution in [2.45, 2.75) is 32.8 Å². The molecule has 2 aromatic rings.